The molecule has 2 aromatic carbocycles. The lowest BCUT2D eigenvalue weighted by molar-refractivity contribution is 0.0950. The number of rotatable bonds is 7. The van der Waals surface area contributed by atoms with Crippen molar-refractivity contribution in [2.75, 3.05) is 33.0 Å². The van der Waals surface area contributed by atoms with Crippen molar-refractivity contribution in [3.63, 3.8) is 0 Å². The Balaban J connectivity index is 1.94. The first kappa shape index (κ1) is 17.8. The molecule has 2 rings (SSSR count). The summed E-state index contributed by atoms with van der Waals surface area (Å²) < 4.78 is 5.71. The second-order valence-electron chi connectivity index (χ2n) is 6.06. The third-order valence-corrected chi connectivity index (χ3v) is 3.66. The summed E-state index contributed by atoms with van der Waals surface area (Å²) in [5.41, 5.74) is 8.85. The van der Waals surface area contributed by atoms with Crippen LogP contribution >= 0.6 is 0 Å². The molecule has 0 heterocycles. The predicted molar refractivity (Wildman–Crippen MR) is 97.3 cm³/mol. The SMILES string of the molecule is Cc1ccc(N)cc1C(=O)NCc1cccc(OCCN(C)C)c1. The Kier molecular flexibility index (Phi) is 6.21. The number of aryl methyl sites for hydroxylation is 1. The summed E-state index contributed by atoms with van der Waals surface area (Å²) in [4.78, 5) is 14.4. The van der Waals surface area contributed by atoms with Gasteiger partial charge in [-0.1, -0.05) is 18.2 Å². The molecule has 0 fully saturated rings. The molecular weight excluding hydrogens is 302 g/mol. The summed E-state index contributed by atoms with van der Waals surface area (Å²) in [7, 11) is 4.02. The van der Waals surface area contributed by atoms with Gasteiger partial charge in [0, 0.05) is 24.3 Å². The van der Waals surface area contributed by atoms with Gasteiger partial charge in [0.05, 0.1) is 0 Å². The Bertz CT molecular complexity index is 699. The number of carbonyl (C=O) groups is 1. The minimum absolute atomic E-state index is 0.126. The van der Waals surface area contributed by atoms with Crippen molar-refractivity contribution in [1.82, 2.24) is 10.2 Å². The van der Waals surface area contributed by atoms with Crippen molar-refractivity contribution in [2.24, 2.45) is 0 Å². The summed E-state index contributed by atoms with van der Waals surface area (Å²) in [6, 6.07) is 13.1. The van der Waals surface area contributed by atoms with Crippen LogP contribution in [-0.2, 0) is 6.54 Å². The Morgan fingerprint density at radius 2 is 2.00 bits per heavy atom. The molecule has 0 aliphatic carbocycles. The number of anilines is 1. The van der Waals surface area contributed by atoms with E-state index < -0.39 is 0 Å². The number of ether oxygens (including phenoxy) is 1. The monoisotopic (exact) mass is 327 g/mol. The number of nitrogens with one attached hydrogen (secondary N) is 1. The van der Waals surface area contributed by atoms with E-state index in [4.69, 9.17) is 10.5 Å². The fourth-order valence-corrected chi connectivity index (χ4v) is 2.25. The predicted octanol–water partition coefficient (Wildman–Crippen LogP) is 2.45. The van der Waals surface area contributed by atoms with E-state index in [1.54, 1.807) is 12.1 Å². The summed E-state index contributed by atoms with van der Waals surface area (Å²) in [6.45, 7) is 3.83. The molecule has 0 bridgehead atoms. The molecule has 0 spiro atoms. The van der Waals surface area contributed by atoms with Crippen LogP contribution in [0.2, 0.25) is 0 Å². The van der Waals surface area contributed by atoms with Crippen molar-refractivity contribution >= 4 is 11.6 Å². The lowest BCUT2D eigenvalue weighted by Gasteiger charge is -2.12. The summed E-state index contributed by atoms with van der Waals surface area (Å²) >= 11 is 0. The van der Waals surface area contributed by atoms with Gasteiger partial charge in [0.2, 0.25) is 0 Å². The first-order valence-electron chi connectivity index (χ1n) is 7.96. The molecule has 2 aromatic rings. The highest BCUT2D eigenvalue weighted by Gasteiger charge is 2.09. The third-order valence-electron chi connectivity index (χ3n) is 3.66. The molecular formula is C19H25N3O2. The number of amides is 1. The highest BCUT2D eigenvalue weighted by Crippen LogP contribution is 2.15. The van der Waals surface area contributed by atoms with Crippen LogP contribution in [0, 0.1) is 6.92 Å². The first-order valence-corrected chi connectivity index (χ1v) is 7.96. The summed E-state index contributed by atoms with van der Waals surface area (Å²) in [5, 5.41) is 2.93. The number of hydrogen-bond acceptors (Lipinski definition) is 4. The van der Waals surface area contributed by atoms with Crippen LogP contribution in [0.25, 0.3) is 0 Å². The van der Waals surface area contributed by atoms with E-state index in [1.807, 2.05) is 51.4 Å². The number of likely N-dealkylation sites (N-methyl/N-ethyl adjacent to an activating group) is 1. The van der Waals surface area contributed by atoms with Gasteiger partial charge in [-0.15, -0.1) is 0 Å². The van der Waals surface area contributed by atoms with Gasteiger partial charge in [0.25, 0.3) is 5.91 Å². The molecule has 0 aromatic heterocycles. The van der Waals surface area contributed by atoms with Gasteiger partial charge < -0.3 is 20.7 Å². The van der Waals surface area contributed by atoms with E-state index in [1.165, 1.54) is 0 Å². The Hall–Kier alpha value is -2.53. The van der Waals surface area contributed by atoms with E-state index in [-0.39, 0.29) is 5.91 Å². The number of hydrogen-bond donors (Lipinski definition) is 2. The normalized spacial score (nSPS) is 10.7. The van der Waals surface area contributed by atoms with Crippen LogP contribution in [-0.4, -0.2) is 38.1 Å². The fourth-order valence-electron chi connectivity index (χ4n) is 2.25. The Labute approximate surface area is 143 Å². The molecule has 0 aliphatic rings. The zero-order valence-corrected chi connectivity index (χ0v) is 14.5. The largest absolute Gasteiger partial charge is 0.492 e. The lowest BCUT2D eigenvalue weighted by atomic mass is 10.1. The van der Waals surface area contributed by atoms with E-state index in [0.717, 1.165) is 23.4 Å². The molecule has 5 nitrogen and oxygen atoms in total. The fraction of sp³-hybridized carbons (Fsp3) is 0.316. The van der Waals surface area contributed by atoms with Crippen molar-refractivity contribution in [3.05, 3.63) is 59.2 Å². The van der Waals surface area contributed by atoms with Crippen molar-refractivity contribution < 1.29 is 9.53 Å². The van der Waals surface area contributed by atoms with Crippen molar-refractivity contribution in [1.29, 1.82) is 0 Å². The Morgan fingerprint density at radius 1 is 1.21 bits per heavy atom. The smallest absolute Gasteiger partial charge is 0.251 e. The van der Waals surface area contributed by atoms with Gasteiger partial charge in [-0.3, -0.25) is 4.79 Å². The van der Waals surface area contributed by atoms with Gasteiger partial charge >= 0.3 is 0 Å². The average Bonchev–Trinajstić information content (AvgIpc) is 2.55. The minimum atomic E-state index is -0.126. The minimum Gasteiger partial charge on any atom is -0.492 e. The highest BCUT2D eigenvalue weighted by molar-refractivity contribution is 5.96. The second kappa shape index (κ2) is 8.36. The van der Waals surface area contributed by atoms with Gasteiger partial charge in [-0.2, -0.15) is 0 Å². The van der Waals surface area contributed by atoms with Gasteiger partial charge in [-0.05, 0) is 56.4 Å². The van der Waals surface area contributed by atoms with Crippen molar-refractivity contribution in [2.45, 2.75) is 13.5 Å². The number of carbonyl (C=O) groups excluding carboxylic acids is 1. The maximum Gasteiger partial charge on any atom is 0.251 e. The topological polar surface area (TPSA) is 67.6 Å². The molecule has 0 aliphatic heterocycles. The molecule has 0 unspecified atom stereocenters. The third kappa shape index (κ3) is 5.28. The van der Waals surface area contributed by atoms with Gasteiger partial charge in [-0.25, -0.2) is 0 Å². The van der Waals surface area contributed by atoms with E-state index in [0.29, 0.717) is 24.4 Å². The Morgan fingerprint density at radius 3 is 2.75 bits per heavy atom. The highest BCUT2D eigenvalue weighted by atomic mass is 16.5. The van der Waals surface area contributed by atoms with Crippen LogP contribution in [0.5, 0.6) is 5.75 Å². The van der Waals surface area contributed by atoms with Crippen LogP contribution < -0.4 is 15.8 Å². The maximum atomic E-state index is 12.3. The number of nitrogens with two attached hydrogens (primary N) is 1. The molecule has 0 radical (unpaired) electrons. The summed E-state index contributed by atoms with van der Waals surface area (Å²) in [6.07, 6.45) is 0. The van der Waals surface area contributed by atoms with E-state index in [2.05, 4.69) is 10.2 Å². The van der Waals surface area contributed by atoms with Crippen LogP contribution in [0.4, 0.5) is 5.69 Å². The number of nitrogens with zero attached hydrogens (tertiary/aromatic N) is 1. The van der Waals surface area contributed by atoms with Crippen LogP contribution in [0.3, 0.4) is 0 Å². The van der Waals surface area contributed by atoms with E-state index in [9.17, 15) is 4.79 Å². The van der Waals surface area contributed by atoms with Crippen LogP contribution in [0.1, 0.15) is 21.5 Å². The standard InChI is InChI=1S/C19H25N3O2/c1-14-7-8-16(20)12-18(14)19(23)21-13-15-5-4-6-17(11-15)24-10-9-22(2)3/h4-8,11-12H,9-10,13,20H2,1-3H3,(H,21,23). The van der Waals surface area contributed by atoms with Gasteiger partial charge in [0.1, 0.15) is 12.4 Å². The zero-order chi connectivity index (χ0) is 17.5. The van der Waals surface area contributed by atoms with E-state index >= 15 is 0 Å². The lowest BCUT2D eigenvalue weighted by Crippen LogP contribution is -2.23. The number of benzene rings is 2. The summed E-state index contributed by atoms with van der Waals surface area (Å²) in [5.74, 6) is 0.683. The molecule has 0 saturated heterocycles. The second-order valence-corrected chi connectivity index (χ2v) is 6.06. The van der Waals surface area contributed by atoms with Crippen molar-refractivity contribution in [3.8, 4) is 5.75 Å². The average molecular weight is 327 g/mol. The quantitative estimate of drug-likeness (QED) is 0.767. The first-order chi connectivity index (χ1) is 11.5. The van der Waals surface area contributed by atoms with Crippen LogP contribution in [0.15, 0.2) is 42.5 Å². The zero-order valence-electron chi connectivity index (χ0n) is 14.5. The van der Waals surface area contributed by atoms with Gasteiger partial charge in [0.15, 0.2) is 0 Å². The molecule has 0 saturated carbocycles. The molecule has 1 amide bonds. The molecule has 128 valence electrons. The molecule has 24 heavy (non-hydrogen) atoms. The maximum absolute atomic E-state index is 12.3. The molecule has 5 heteroatoms. The molecule has 0 atom stereocenters. The molecule has 3 N–H and O–H groups in total. The number of nitrogen functional groups attached to an aromatic ring is 1.